The van der Waals surface area contributed by atoms with Gasteiger partial charge in [0.2, 0.25) is 0 Å². The maximum atomic E-state index is 12.6. The van der Waals surface area contributed by atoms with Crippen LogP contribution in [-0.2, 0) is 9.84 Å². The number of rotatable bonds is 4. The number of amides is 1. The van der Waals surface area contributed by atoms with Gasteiger partial charge in [-0.1, -0.05) is 18.2 Å². The number of anilines is 1. The van der Waals surface area contributed by atoms with E-state index in [-0.39, 0.29) is 10.8 Å². The molecule has 0 atom stereocenters. The molecule has 0 saturated heterocycles. The van der Waals surface area contributed by atoms with Gasteiger partial charge in [-0.15, -0.1) is 0 Å². The van der Waals surface area contributed by atoms with Crippen LogP contribution in [0.3, 0.4) is 0 Å². The van der Waals surface area contributed by atoms with Crippen LogP contribution in [0, 0.1) is 6.92 Å². The highest BCUT2D eigenvalue weighted by Crippen LogP contribution is 2.23. The summed E-state index contributed by atoms with van der Waals surface area (Å²) in [5.41, 5.74) is 2.35. The van der Waals surface area contributed by atoms with Crippen molar-refractivity contribution in [2.24, 2.45) is 0 Å². The van der Waals surface area contributed by atoms with Gasteiger partial charge in [-0.3, -0.25) is 4.79 Å². The van der Waals surface area contributed by atoms with Gasteiger partial charge in [0.05, 0.1) is 11.1 Å². The third-order valence-electron chi connectivity index (χ3n) is 3.72. The van der Waals surface area contributed by atoms with Crippen LogP contribution >= 0.6 is 0 Å². The number of aryl methyl sites for hydroxylation is 1. The number of carbonyl (C=O) groups is 1. The average molecular weight is 356 g/mol. The fourth-order valence-electron chi connectivity index (χ4n) is 2.38. The fourth-order valence-corrected chi connectivity index (χ4v) is 3.03. The smallest absolute Gasteiger partial charge is 0.255 e. The standard InChI is InChI=1S/C18H16N2O4S/c1-12-6-7-15(25(2,22)23)9-16(12)18(21)20-14-5-3-4-13(8-14)17-10-19-11-24-17/h3-11H,1-2H3,(H,20,21). The SMILES string of the molecule is Cc1ccc(S(C)(=O)=O)cc1C(=O)Nc1cccc(-c2cnco2)c1. The first-order valence-corrected chi connectivity index (χ1v) is 9.35. The third kappa shape index (κ3) is 3.77. The fraction of sp³-hybridized carbons (Fsp3) is 0.111. The van der Waals surface area contributed by atoms with E-state index >= 15 is 0 Å². The van der Waals surface area contributed by atoms with Crippen LogP contribution in [-0.4, -0.2) is 25.6 Å². The highest BCUT2D eigenvalue weighted by Gasteiger charge is 2.15. The van der Waals surface area contributed by atoms with Crippen LogP contribution < -0.4 is 5.32 Å². The molecule has 3 rings (SSSR count). The van der Waals surface area contributed by atoms with Crippen molar-refractivity contribution >= 4 is 21.4 Å². The van der Waals surface area contributed by atoms with E-state index in [0.717, 1.165) is 11.8 Å². The minimum atomic E-state index is -3.38. The predicted molar refractivity (Wildman–Crippen MR) is 94.2 cm³/mol. The number of sulfone groups is 1. The normalized spacial score (nSPS) is 11.3. The number of hydrogen-bond donors (Lipinski definition) is 1. The van der Waals surface area contributed by atoms with Gasteiger partial charge in [0, 0.05) is 23.1 Å². The monoisotopic (exact) mass is 356 g/mol. The van der Waals surface area contributed by atoms with Gasteiger partial charge >= 0.3 is 0 Å². The quantitative estimate of drug-likeness (QED) is 0.775. The van der Waals surface area contributed by atoms with Crippen molar-refractivity contribution in [3.63, 3.8) is 0 Å². The molecule has 0 bridgehead atoms. The summed E-state index contributed by atoms with van der Waals surface area (Å²) in [7, 11) is -3.38. The lowest BCUT2D eigenvalue weighted by molar-refractivity contribution is 0.102. The molecule has 128 valence electrons. The second-order valence-corrected chi connectivity index (χ2v) is 7.67. The van der Waals surface area contributed by atoms with Gasteiger partial charge in [-0.2, -0.15) is 0 Å². The Hall–Kier alpha value is -2.93. The van der Waals surface area contributed by atoms with Crippen molar-refractivity contribution in [1.82, 2.24) is 4.98 Å². The molecule has 0 aliphatic carbocycles. The van der Waals surface area contributed by atoms with E-state index in [1.165, 1.54) is 18.5 Å². The molecule has 1 aromatic heterocycles. The number of nitrogens with one attached hydrogen (secondary N) is 1. The topological polar surface area (TPSA) is 89.3 Å². The molecule has 7 heteroatoms. The first-order valence-electron chi connectivity index (χ1n) is 7.45. The van der Waals surface area contributed by atoms with Crippen molar-refractivity contribution in [3.8, 4) is 11.3 Å². The van der Waals surface area contributed by atoms with Crippen molar-refractivity contribution in [2.75, 3.05) is 11.6 Å². The Balaban J connectivity index is 1.89. The summed E-state index contributed by atoms with van der Waals surface area (Å²) in [6.45, 7) is 1.76. The summed E-state index contributed by atoms with van der Waals surface area (Å²) >= 11 is 0. The number of hydrogen-bond acceptors (Lipinski definition) is 5. The highest BCUT2D eigenvalue weighted by atomic mass is 32.2. The molecule has 1 N–H and O–H groups in total. The van der Waals surface area contributed by atoms with Crippen LogP contribution in [0.15, 0.2) is 64.4 Å². The number of carbonyl (C=O) groups excluding carboxylic acids is 1. The molecule has 0 spiro atoms. The first-order chi connectivity index (χ1) is 11.8. The molecular weight excluding hydrogens is 340 g/mol. The molecule has 0 fully saturated rings. The molecule has 1 amide bonds. The Labute approximate surface area is 145 Å². The summed E-state index contributed by atoms with van der Waals surface area (Å²) in [4.78, 5) is 16.6. The van der Waals surface area contributed by atoms with E-state index in [2.05, 4.69) is 10.3 Å². The Morgan fingerprint density at radius 3 is 2.64 bits per heavy atom. The van der Waals surface area contributed by atoms with E-state index in [1.807, 2.05) is 6.07 Å². The van der Waals surface area contributed by atoms with E-state index in [4.69, 9.17) is 4.42 Å². The molecule has 0 aliphatic rings. The van der Waals surface area contributed by atoms with Crippen LogP contribution in [0.4, 0.5) is 5.69 Å². The zero-order chi connectivity index (χ0) is 18.0. The summed E-state index contributed by atoms with van der Waals surface area (Å²) in [6.07, 6.45) is 4.03. The average Bonchev–Trinajstić information content (AvgIpc) is 3.09. The van der Waals surface area contributed by atoms with Crippen molar-refractivity contribution < 1.29 is 17.6 Å². The molecular formula is C18H16N2O4S. The van der Waals surface area contributed by atoms with Gasteiger partial charge in [-0.05, 0) is 36.8 Å². The van der Waals surface area contributed by atoms with E-state index in [1.54, 1.807) is 37.4 Å². The highest BCUT2D eigenvalue weighted by molar-refractivity contribution is 7.90. The predicted octanol–water partition coefficient (Wildman–Crippen LogP) is 3.31. The van der Waals surface area contributed by atoms with E-state index < -0.39 is 9.84 Å². The maximum Gasteiger partial charge on any atom is 0.255 e. The molecule has 0 unspecified atom stereocenters. The van der Waals surface area contributed by atoms with Gasteiger partial charge in [0.15, 0.2) is 22.0 Å². The Morgan fingerprint density at radius 1 is 1.16 bits per heavy atom. The summed E-state index contributed by atoms with van der Waals surface area (Å²) in [5, 5.41) is 2.78. The Morgan fingerprint density at radius 2 is 1.96 bits per heavy atom. The van der Waals surface area contributed by atoms with Gasteiger partial charge in [-0.25, -0.2) is 13.4 Å². The lowest BCUT2D eigenvalue weighted by Gasteiger charge is -2.10. The third-order valence-corrected chi connectivity index (χ3v) is 4.83. The lowest BCUT2D eigenvalue weighted by atomic mass is 10.1. The van der Waals surface area contributed by atoms with Gasteiger partial charge < -0.3 is 9.73 Å². The number of nitrogens with zero attached hydrogens (tertiary/aromatic N) is 1. The molecule has 0 radical (unpaired) electrons. The maximum absolute atomic E-state index is 12.6. The van der Waals surface area contributed by atoms with Crippen LogP contribution in [0.5, 0.6) is 0 Å². The molecule has 3 aromatic rings. The largest absolute Gasteiger partial charge is 0.444 e. The Bertz CT molecular complexity index is 1020. The zero-order valence-electron chi connectivity index (χ0n) is 13.7. The zero-order valence-corrected chi connectivity index (χ0v) is 14.5. The Kier molecular flexibility index (Phi) is 4.41. The van der Waals surface area contributed by atoms with Crippen molar-refractivity contribution in [1.29, 1.82) is 0 Å². The van der Waals surface area contributed by atoms with Gasteiger partial charge in [0.1, 0.15) is 0 Å². The van der Waals surface area contributed by atoms with Crippen LogP contribution in [0.25, 0.3) is 11.3 Å². The minimum absolute atomic E-state index is 0.110. The van der Waals surface area contributed by atoms with Crippen LogP contribution in [0.2, 0.25) is 0 Å². The summed E-state index contributed by atoms with van der Waals surface area (Å²) in [5.74, 6) is 0.212. The van der Waals surface area contributed by atoms with Gasteiger partial charge in [0.25, 0.3) is 5.91 Å². The first kappa shape index (κ1) is 16.9. The van der Waals surface area contributed by atoms with E-state index in [0.29, 0.717) is 22.6 Å². The molecule has 25 heavy (non-hydrogen) atoms. The number of aromatic nitrogens is 1. The second kappa shape index (κ2) is 6.52. The van der Waals surface area contributed by atoms with E-state index in [9.17, 15) is 13.2 Å². The molecule has 0 aliphatic heterocycles. The second-order valence-electron chi connectivity index (χ2n) is 5.65. The molecule has 0 saturated carbocycles. The number of oxazole rings is 1. The molecule has 6 nitrogen and oxygen atoms in total. The van der Waals surface area contributed by atoms with Crippen molar-refractivity contribution in [3.05, 3.63) is 66.2 Å². The summed E-state index contributed by atoms with van der Waals surface area (Å²) < 4.78 is 28.7. The summed E-state index contributed by atoms with van der Waals surface area (Å²) in [6, 6.07) is 11.6. The molecule has 1 heterocycles. The molecule has 2 aromatic carbocycles. The van der Waals surface area contributed by atoms with Crippen LogP contribution in [0.1, 0.15) is 15.9 Å². The van der Waals surface area contributed by atoms with Crippen molar-refractivity contribution in [2.45, 2.75) is 11.8 Å². The number of benzene rings is 2. The lowest BCUT2D eigenvalue weighted by Crippen LogP contribution is -2.14. The minimum Gasteiger partial charge on any atom is -0.444 e.